The summed E-state index contributed by atoms with van der Waals surface area (Å²) < 4.78 is 0. The van der Waals surface area contributed by atoms with Gasteiger partial charge in [0.05, 0.1) is 17.4 Å². The Kier molecular flexibility index (Phi) is 3.46. The molecular formula is C11H13N3S. The topological polar surface area (TPSA) is 48.7 Å². The van der Waals surface area contributed by atoms with Crippen LogP contribution in [-0.2, 0) is 0 Å². The average molecular weight is 219 g/mol. The highest BCUT2D eigenvalue weighted by molar-refractivity contribution is 7.99. The lowest BCUT2D eigenvalue weighted by molar-refractivity contribution is 0.684. The molecule has 1 aromatic rings. The van der Waals surface area contributed by atoms with Crippen LogP contribution in [0.5, 0.6) is 0 Å². The number of nitrogens with zero attached hydrogens (tertiary/aromatic N) is 2. The maximum atomic E-state index is 8.92. The fourth-order valence-electron chi connectivity index (χ4n) is 1.68. The quantitative estimate of drug-likeness (QED) is 0.829. The van der Waals surface area contributed by atoms with Crippen LogP contribution in [0.15, 0.2) is 18.5 Å². The molecule has 2 heterocycles. The van der Waals surface area contributed by atoms with Crippen molar-refractivity contribution in [2.75, 3.05) is 16.8 Å². The Morgan fingerprint density at radius 3 is 3.27 bits per heavy atom. The van der Waals surface area contributed by atoms with Gasteiger partial charge in [-0.1, -0.05) is 0 Å². The van der Waals surface area contributed by atoms with Crippen LogP contribution in [-0.4, -0.2) is 22.5 Å². The van der Waals surface area contributed by atoms with Crippen LogP contribution in [0.4, 0.5) is 5.69 Å². The predicted octanol–water partition coefficient (Wildman–Crippen LogP) is 2.26. The number of hydrogen-bond acceptors (Lipinski definition) is 4. The third-order valence-corrected chi connectivity index (χ3v) is 3.68. The monoisotopic (exact) mass is 219 g/mol. The molecule has 0 saturated carbocycles. The first-order valence-corrected chi connectivity index (χ1v) is 6.24. The van der Waals surface area contributed by atoms with Crippen LogP contribution in [0.1, 0.15) is 18.4 Å². The van der Waals surface area contributed by atoms with Crippen LogP contribution in [0.25, 0.3) is 0 Å². The highest BCUT2D eigenvalue weighted by atomic mass is 32.2. The number of thioether (sulfide) groups is 1. The van der Waals surface area contributed by atoms with E-state index < -0.39 is 0 Å². The van der Waals surface area contributed by atoms with Crippen molar-refractivity contribution in [1.82, 2.24) is 4.98 Å². The van der Waals surface area contributed by atoms with Gasteiger partial charge in [0, 0.05) is 18.0 Å². The van der Waals surface area contributed by atoms with Crippen molar-refractivity contribution >= 4 is 17.4 Å². The van der Waals surface area contributed by atoms with Crippen molar-refractivity contribution in [1.29, 1.82) is 5.26 Å². The first kappa shape index (κ1) is 10.3. The predicted molar refractivity (Wildman–Crippen MR) is 62.9 cm³/mol. The average Bonchev–Trinajstić information content (AvgIpc) is 2.31. The Balaban J connectivity index is 2.06. The van der Waals surface area contributed by atoms with Crippen molar-refractivity contribution in [2.24, 2.45) is 0 Å². The van der Waals surface area contributed by atoms with Crippen molar-refractivity contribution < 1.29 is 0 Å². The van der Waals surface area contributed by atoms with Crippen molar-refractivity contribution in [3.05, 3.63) is 24.0 Å². The van der Waals surface area contributed by atoms with Gasteiger partial charge in [0.25, 0.3) is 0 Å². The minimum Gasteiger partial charge on any atom is -0.379 e. The zero-order valence-corrected chi connectivity index (χ0v) is 9.26. The smallest absolute Gasteiger partial charge is 0.101 e. The molecule has 1 atom stereocenters. The molecule has 1 unspecified atom stereocenters. The molecule has 1 fully saturated rings. The maximum Gasteiger partial charge on any atom is 0.101 e. The lowest BCUT2D eigenvalue weighted by Gasteiger charge is -2.23. The fourth-order valence-corrected chi connectivity index (χ4v) is 2.75. The number of hydrogen-bond donors (Lipinski definition) is 1. The second-order valence-electron chi connectivity index (χ2n) is 3.59. The summed E-state index contributed by atoms with van der Waals surface area (Å²) in [6, 6.07) is 4.41. The molecular weight excluding hydrogens is 206 g/mol. The molecule has 2 rings (SSSR count). The summed E-state index contributed by atoms with van der Waals surface area (Å²) >= 11 is 1.97. The second kappa shape index (κ2) is 5.04. The standard InChI is InChI=1S/C11H13N3S/c12-6-9-3-4-13-7-11(9)14-10-2-1-5-15-8-10/h3-4,7,10,14H,1-2,5,8H2. The van der Waals surface area contributed by atoms with Gasteiger partial charge in [-0.05, 0) is 24.7 Å². The van der Waals surface area contributed by atoms with Gasteiger partial charge in [0.15, 0.2) is 0 Å². The molecule has 1 N–H and O–H groups in total. The molecule has 78 valence electrons. The SMILES string of the molecule is N#Cc1ccncc1NC1CCCSC1. The Morgan fingerprint density at radius 1 is 1.60 bits per heavy atom. The molecule has 1 aromatic heterocycles. The fraction of sp³-hybridized carbons (Fsp3) is 0.455. The molecule has 1 saturated heterocycles. The van der Waals surface area contributed by atoms with Crippen molar-refractivity contribution in [3.8, 4) is 6.07 Å². The van der Waals surface area contributed by atoms with Gasteiger partial charge in [-0.3, -0.25) is 4.98 Å². The Hall–Kier alpha value is -1.21. The zero-order chi connectivity index (χ0) is 10.5. The summed E-state index contributed by atoms with van der Waals surface area (Å²) in [6.45, 7) is 0. The number of anilines is 1. The Bertz CT molecular complexity index is 366. The Labute approximate surface area is 93.9 Å². The van der Waals surface area contributed by atoms with Gasteiger partial charge in [-0.2, -0.15) is 17.0 Å². The number of nitriles is 1. The highest BCUT2D eigenvalue weighted by Gasteiger charge is 2.14. The normalized spacial score (nSPS) is 20.6. The van der Waals surface area contributed by atoms with E-state index in [0.717, 1.165) is 11.4 Å². The number of pyridine rings is 1. The van der Waals surface area contributed by atoms with Crippen LogP contribution < -0.4 is 5.32 Å². The van der Waals surface area contributed by atoms with Gasteiger partial charge in [-0.25, -0.2) is 0 Å². The van der Waals surface area contributed by atoms with E-state index in [1.165, 1.54) is 18.6 Å². The lowest BCUT2D eigenvalue weighted by atomic mass is 10.1. The minimum atomic E-state index is 0.486. The minimum absolute atomic E-state index is 0.486. The van der Waals surface area contributed by atoms with Gasteiger partial charge < -0.3 is 5.32 Å². The van der Waals surface area contributed by atoms with Crippen molar-refractivity contribution in [3.63, 3.8) is 0 Å². The third kappa shape index (κ3) is 2.63. The van der Waals surface area contributed by atoms with E-state index in [1.54, 1.807) is 18.5 Å². The summed E-state index contributed by atoms with van der Waals surface area (Å²) in [4.78, 5) is 4.04. The second-order valence-corrected chi connectivity index (χ2v) is 4.74. The molecule has 0 spiro atoms. The van der Waals surface area contributed by atoms with E-state index in [1.807, 2.05) is 11.8 Å². The van der Waals surface area contributed by atoms with Crippen LogP contribution in [0.2, 0.25) is 0 Å². The molecule has 0 radical (unpaired) electrons. The molecule has 3 nitrogen and oxygen atoms in total. The van der Waals surface area contributed by atoms with Crippen LogP contribution in [0.3, 0.4) is 0 Å². The lowest BCUT2D eigenvalue weighted by Crippen LogP contribution is -2.26. The molecule has 0 aliphatic carbocycles. The first-order chi connectivity index (χ1) is 7.40. The highest BCUT2D eigenvalue weighted by Crippen LogP contribution is 2.22. The summed E-state index contributed by atoms with van der Waals surface area (Å²) in [7, 11) is 0. The summed E-state index contributed by atoms with van der Waals surface area (Å²) in [5.74, 6) is 2.39. The van der Waals surface area contributed by atoms with Crippen LogP contribution >= 0.6 is 11.8 Å². The van der Waals surface area contributed by atoms with Gasteiger partial charge in [0.2, 0.25) is 0 Å². The molecule has 15 heavy (non-hydrogen) atoms. The number of rotatable bonds is 2. The first-order valence-electron chi connectivity index (χ1n) is 5.08. The molecule has 0 aromatic carbocycles. The van der Waals surface area contributed by atoms with Gasteiger partial charge in [0.1, 0.15) is 6.07 Å². The van der Waals surface area contributed by atoms with Crippen LogP contribution in [0, 0.1) is 11.3 Å². The van der Waals surface area contributed by atoms with Crippen molar-refractivity contribution in [2.45, 2.75) is 18.9 Å². The number of aromatic nitrogens is 1. The molecule has 1 aliphatic rings. The molecule has 0 bridgehead atoms. The number of nitrogens with one attached hydrogen (secondary N) is 1. The summed E-state index contributed by atoms with van der Waals surface area (Å²) in [5, 5.41) is 12.3. The zero-order valence-electron chi connectivity index (χ0n) is 8.44. The van der Waals surface area contributed by atoms with E-state index in [-0.39, 0.29) is 0 Å². The van der Waals surface area contributed by atoms with E-state index in [0.29, 0.717) is 11.6 Å². The van der Waals surface area contributed by atoms with Gasteiger partial charge >= 0.3 is 0 Å². The maximum absolute atomic E-state index is 8.92. The Morgan fingerprint density at radius 2 is 2.53 bits per heavy atom. The van der Waals surface area contributed by atoms with E-state index in [9.17, 15) is 0 Å². The summed E-state index contributed by atoms with van der Waals surface area (Å²) in [5.41, 5.74) is 1.55. The molecule has 1 aliphatic heterocycles. The van der Waals surface area contributed by atoms with E-state index >= 15 is 0 Å². The summed E-state index contributed by atoms with van der Waals surface area (Å²) in [6.07, 6.45) is 5.83. The van der Waals surface area contributed by atoms with E-state index in [2.05, 4.69) is 16.4 Å². The van der Waals surface area contributed by atoms with E-state index in [4.69, 9.17) is 5.26 Å². The third-order valence-electron chi connectivity index (χ3n) is 2.46. The largest absolute Gasteiger partial charge is 0.379 e. The van der Waals surface area contributed by atoms with Gasteiger partial charge in [-0.15, -0.1) is 0 Å². The molecule has 0 amide bonds. The molecule has 4 heteroatoms.